The van der Waals surface area contributed by atoms with E-state index in [1.807, 2.05) is 42.5 Å². The smallest absolute Gasteiger partial charge is 0.242 e. The van der Waals surface area contributed by atoms with Crippen molar-refractivity contribution in [3.63, 3.8) is 0 Å². The van der Waals surface area contributed by atoms with Gasteiger partial charge in [-0.3, -0.25) is 10.1 Å². The van der Waals surface area contributed by atoms with Crippen molar-refractivity contribution in [3.05, 3.63) is 76.9 Å². The maximum atomic E-state index is 12.1. The molecule has 0 saturated heterocycles. The van der Waals surface area contributed by atoms with Crippen molar-refractivity contribution < 1.29 is 9.32 Å². The Morgan fingerprint density at radius 2 is 1.88 bits per heavy atom. The fourth-order valence-electron chi connectivity index (χ4n) is 2.60. The molecule has 0 radical (unpaired) electrons. The van der Waals surface area contributed by atoms with Crippen LogP contribution in [0.25, 0.3) is 11.3 Å². The van der Waals surface area contributed by atoms with Crippen LogP contribution in [0.4, 0.5) is 0 Å². The van der Waals surface area contributed by atoms with Crippen molar-refractivity contribution in [2.75, 3.05) is 0 Å². The quantitative estimate of drug-likeness (QED) is 0.709. The summed E-state index contributed by atoms with van der Waals surface area (Å²) in [7, 11) is 0. The van der Waals surface area contributed by atoms with Crippen LogP contribution in [0.15, 0.2) is 65.3 Å². The van der Waals surface area contributed by atoms with Gasteiger partial charge in [-0.1, -0.05) is 47.1 Å². The lowest BCUT2D eigenvalue weighted by Crippen LogP contribution is -2.50. The van der Waals surface area contributed by atoms with E-state index in [9.17, 15) is 4.79 Å². The van der Waals surface area contributed by atoms with E-state index in [0.717, 1.165) is 16.7 Å². The molecule has 3 aromatic rings. The first-order chi connectivity index (χ1) is 12.0. The third-order valence-corrected chi connectivity index (χ3v) is 4.48. The summed E-state index contributed by atoms with van der Waals surface area (Å²) >= 11 is 5.93. The highest BCUT2D eigenvalue weighted by atomic mass is 35.5. The molecule has 0 unspecified atom stereocenters. The van der Waals surface area contributed by atoms with Gasteiger partial charge in [-0.2, -0.15) is 0 Å². The summed E-state index contributed by atoms with van der Waals surface area (Å²) in [5.41, 5.74) is 7.13. The number of amides is 1. The lowest BCUT2D eigenvalue weighted by molar-refractivity contribution is -0.124. The Bertz CT molecular complexity index is 862. The molecule has 0 aliphatic carbocycles. The number of benzene rings is 2. The Morgan fingerprint density at radius 1 is 1.20 bits per heavy atom. The van der Waals surface area contributed by atoms with Gasteiger partial charge in [0.1, 0.15) is 5.54 Å². The van der Waals surface area contributed by atoms with E-state index < -0.39 is 11.4 Å². The second-order valence-electron chi connectivity index (χ2n) is 5.90. The SMILES string of the molecule is C[C@@](NCc1cnoc1-c1ccc(Cl)cc1)(C(N)=O)c1ccccc1. The van der Waals surface area contributed by atoms with E-state index in [0.29, 0.717) is 17.3 Å². The van der Waals surface area contributed by atoms with Gasteiger partial charge < -0.3 is 10.3 Å². The Kier molecular flexibility index (Phi) is 4.88. The molecule has 3 rings (SSSR count). The highest BCUT2D eigenvalue weighted by molar-refractivity contribution is 6.30. The standard InChI is InChI=1S/C19H18ClN3O2/c1-19(18(21)24,15-5-3-2-4-6-15)22-11-14-12-23-25-17(14)13-7-9-16(20)10-8-13/h2-10,12,22H,11H2,1H3,(H2,21,24)/t19-/m0/s1. The summed E-state index contributed by atoms with van der Waals surface area (Å²) in [6.45, 7) is 2.13. The number of primary amides is 1. The fraction of sp³-hybridized carbons (Fsp3) is 0.158. The van der Waals surface area contributed by atoms with E-state index in [-0.39, 0.29) is 0 Å². The fourth-order valence-corrected chi connectivity index (χ4v) is 2.73. The molecule has 0 saturated carbocycles. The van der Waals surface area contributed by atoms with Gasteiger partial charge in [-0.15, -0.1) is 0 Å². The van der Waals surface area contributed by atoms with E-state index in [1.54, 1.807) is 25.3 Å². The number of halogens is 1. The monoisotopic (exact) mass is 355 g/mol. The molecule has 0 aliphatic heterocycles. The molecular formula is C19H18ClN3O2. The van der Waals surface area contributed by atoms with Crippen molar-refractivity contribution >= 4 is 17.5 Å². The number of hydrogen-bond donors (Lipinski definition) is 2. The van der Waals surface area contributed by atoms with Gasteiger partial charge >= 0.3 is 0 Å². The van der Waals surface area contributed by atoms with Crippen LogP contribution in [0.1, 0.15) is 18.1 Å². The normalized spacial score (nSPS) is 13.4. The average Bonchev–Trinajstić information content (AvgIpc) is 3.09. The van der Waals surface area contributed by atoms with Crippen LogP contribution in [0, 0.1) is 0 Å². The Balaban J connectivity index is 1.85. The van der Waals surface area contributed by atoms with Crippen LogP contribution in [-0.4, -0.2) is 11.1 Å². The van der Waals surface area contributed by atoms with Crippen molar-refractivity contribution in [1.82, 2.24) is 10.5 Å². The summed E-state index contributed by atoms with van der Waals surface area (Å²) in [4.78, 5) is 12.1. The van der Waals surface area contributed by atoms with Gasteiger partial charge in [-0.05, 0) is 36.8 Å². The summed E-state index contributed by atoms with van der Waals surface area (Å²) in [5, 5.41) is 7.76. The molecule has 6 heteroatoms. The molecule has 2 aromatic carbocycles. The first-order valence-electron chi connectivity index (χ1n) is 7.80. The molecule has 1 atom stereocenters. The molecule has 1 aromatic heterocycles. The average molecular weight is 356 g/mol. The molecule has 1 amide bonds. The molecule has 0 bridgehead atoms. The number of carbonyl (C=O) groups excluding carboxylic acids is 1. The van der Waals surface area contributed by atoms with Gasteiger partial charge in [0.05, 0.1) is 6.20 Å². The van der Waals surface area contributed by atoms with Crippen LogP contribution >= 0.6 is 11.6 Å². The number of nitrogens with two attached hydrogens (primary N) is 1. The van der Waals surface area contributed by atoms with E-state index >= 15 is 0 Å². The van der Waals surface area contributed by atoms with Gasteiger partial charge in [0.25, 0.3) is 0 Å². The predicted molar refractivity (Wildman–Crippen MR) is 96.8 cm³/mol. The minimum Gasteiger partial charge on any atom is -0.368 e. The zero-order valence-corrected chi connectivity index (χ0v) is 14.5. The van der Waals surface area contributed by atoms with Gasteiger partial charge in [0, 0.05) is 22.7 Å². The number of rotatable bonds is 6. The predicted octanol–water partition coefficient (Wildman–Crippen LogP) is 3.49. The first kappa shape index (κ1) is 17.2. The first-order valence-corrected chi connectivity index (χ1v) is 8.18. The lowest BCUT2D eigenvalue weighted by atomic mass is 9.91. The third kappa shape index (κ3) is 3.57. The van der Waals surface area contributed by atoms with Gasteiger partial charge in [0.2, 0.25) is 5.91 Å². The maximum absolute atomic E-state index is 12.1. The van der Waals surface area contributed by atoms with E-state index in [1.165, 1.54) is 0 Å². The summed E-state index contributed by atoms with van der Waals surface area (Å²) in [5.74, 6) is 0.173. The molecule has 0 spiro atoms. The molecule has 25 heavy (non-hydrogen) atoms. The van der Waals surface area contributed by atoms with Crippen LogP contribution in [0.2, 0.25) is 5.02 Å². The van der Waals surface area contributed by atoms with Crippen molar-refractivity contribution in [2.24, 2.45) is 5.73 Å². The molecule has 3 N–H and O–H groups in total. The van der Waals surface area contributed by atoms with Crippen molar-refractivity contribution in [2.45, 2.75) is 19.0 Å². The van der Waals surface area contributed by atoms with Crippen molar-refractivity contribution in [3.8, 4) is 11.3 Å². The Morgan fingerprint density at radius 3 is 2.52 bits per heavy atom. The zero-order valence-electron chi connectivity index (χ0n) is 13.7. The number of carbonyl (C=O) groups is 1. The molecule has 128 valence electrons. The highest BCUT2D eigenvalue weighted by Gasteiger charge is 2.33. The van der Waals surface area contributed by atoms with Gasteiger partial charge in [-0.25, -0.2) is 0 Å². The summed E-state index contributed by atoms with van der Waals surface area (Å²) < 4.78 is 5.37. The minimum absolute atomic E-state index is 0.371. The summed E-state index contributed by atoms with van der Waals surface area (Å²) in [6, 6.07) is 16.7. The van der Waals surface area contributed by atoms with Crippen LogP contribution in [0.5, 0.6) is 0 Å². The molecule has 0 aliphatic rings. The van der Waals surface area contributed by atoms with Crippen LogP contribution in [-0.2, 0) is 16.9 Å². The second-order valence-corrected chi connectivity index (χ2v) is 6.33. The summed E-state index contributed by atoms with van der Waals surface area (Å²) in [6.07, 6.45) is 1.63. The molecule has 1 heterocycles. The van der Waals surface area contributed by atoms with Crippen molar-refractivity contribution in [1.29, 1.82) is 0 Å². The van der Waals surface area contributed by atoms with E-state index in [4.69, 9.17) is 21.9 Å². The number of hydrogen-bond acceptors (Lipinski definition) is 4. The highest BCUT2D eigenvalue weighted by Crippen LogP contribution is 2.27. The zero-order chi connectivity index (χ0) is 17.9. The lowest BCUT2D eigenvalue weighted by Gasteiger charge is -2.28. The maximum Gasteiger partial charge on any atom is 0.242 e. The van der Waals surface area contributed by atoms with E-state index in [2.05, 4.69) is 10.5 Å². The topological polar surface area (TPSA) is 81.2 Å². The molecule has 5 nitrogen and oxygen atoms in total. The van der Waals surface area contributed by atoms with Crippen LogP contribution < -0.4 is 11.1 Å². The Labute approximate surface area is 150 Å². The largest absolute Gasteiger partial charge is 0.368 e. The number of nitrogens with zero attached hydrogens (tertiary/aromatic N) is 1. The Hall–Kier alpha value is -2.63. The minimum atomic E-state index is -1.00. The molecular weight excluding hydrogens is 338 g/mol. The number of aromatic nitrogens is 1. The second kappa shape index (κ2) is 7.09. The number of nitrogens with one attached hydrogen (secondary N) is 1. The third-order valence-electron chi connectivity index (χ3n) is 4.23. The van der Waals surface area contributed by atoms with Crippen LogP contribution in [0.3, 0.4) is 0 Å². The van der Waals surface area contributed by atoms with Gasteiger partial charge in [0.15, 0.2) is 5.76 Å². The molecule has 0 fully saturated rings.